The summed E-state index contributed by atoms with van der Waals surface area (Å²) < 4.78 is 11.7. The van der Waals surface area contributed by atoms with E-state index in [1.165, 1.54) is 0 Å². The van der Waals surface area contributed by atoms with Crippen LogP contribution in [-0.2, 0) is 22.7 Å². The number of hydrogen-bond acceptors (Lipinski definition) is 15. The first-order valence-electron chi connectivity index (χ1n) is 34.0. The number of halogens is 1. The highest BCUT2D eigenvalue weighted by molar-refractivity contribution is 8.93. The van der Waals surface area contributed by atoms with Gasteiger partial charge >= 0.3 is 5.97 Å². The molecular formula is C75H109BrN14O7. The van der Waals surface area contributed by atoms with Crippen molar-refractivity contribution in [1.29, 1.82) is 0 Å². The molecule has 22 heteroatoms. The minimum atomic E-state index is -0.951. The molecule has 4 aromatic carbocycles. The molecule has 2 aliphatic carbocycles. The van der Waals surface area contributed by atoms with E-state index in [9.17, 15) is 24.3 Å². The molecule has 21 nitrogen and oxygen atoms in total. The molecule has 6 aromatic rings. The lowest BCUT2D eigenvalue weighted by atomic mass is 9.69. The number of nitrogens with zero attached hydrogens (tertiary/aromatic N) is 10. The molecule has 2 spiro atoms. The Morgan fingerprint density at radius 2 is 0.938 bits per heavy atom. The minimum absolute atomic E-state index is 0. The number of hydrogen-bond donors (Lipinski definition) is 5. The zero-order valence-electron chi connectivity index (χ0n) is 59.5. The number of aromatic carboxylic acids is 1. The van der Waals surface area contributed by atoms with Gasteiger partial charge in [0.2, 0.25) is 0 Å². The van der Waals surface area contributed by atoms with Crippen molar-refractivity contribution in [2.75, 3.05) is 0 Å². The van der Waals surface area contributed by atoms with Crippen molar-refractivity contribution >= 4 is 52.1 Å². The number of tetrazole rings is 2. The van der Waals surface area contributed by atoms with E-state index >= 15 is 0 Å². The summed E-state index contributed by atoms with van der Waals surface area (Å²) in [5.74, 6) is 2.38. The molecule has 0 saturated heterocycles. The number of aliphatic imine (C=N–C) groups is 2. The van der Waals surface area contributed by atoms with E-state index in [-0.39, 0.29) is 100 Å². The van der Waals surface area contributed by atoms with E-state index < -0.39 is 17.3 Å². The zero-order chi connectivity index (χ0) is 69.3. The monoisotopic (exact) mass is 1400 g/mol. The fourth-order valence-electron chi connectivity index (χ4n) is 13.5. The summed E-state index contributed by atoms with van der Waals surface area (Å²) in [5.41, 5.74) is 9.82. The molecule has 2 aliphatic heterocycles. The van der Waals surface area contributed by atoms with Crippen LogP contribution in [0.4, 0.5) is 0 Å². The lowest BCUT2D eigenvalue weighted by molar-refractivity contribution is -0.134. The van der Waals surface area contributed by atoms with E-state index in [1.54, 1.807) is 12.1 Å². The second kappa shape index (κ2) is 32.8. The fraction of sp³-hybridized carbons (Fsp3) is 0.573. The molecule has 0 radical (unpaired) electrons. The number of nitrogens with two attached hydrogens (primary N) is 1. The molecule has 6 N–H and O–H groups in total. The van der Waals surface area contributed by atoms with E-state index in [1.807, 2.05) is 113 Å². The highest BCUT2D eigenvalue weighted by Gasteiger charge is 2.55. The largest absolute Gasteiger partial charge is 0.491 e. The Bertz CT molecular complexity index is 3550. The lowest BCUT2D eigenvalue weighted by Crippen LogP contribution is -2.51. The van der Waals surface area contributed by atoms with Gasteiger partial charge in [-0.1, -0.05) is 125 Å². The van der Waals surface area contributed by atoms with Crippen LogP contribution in [0.15, 0.2) is 107 Å². The van der Waals surface area contributed by atoms with E-state index in [0.717, 1.165) is 111 Å². The van der Waals surface area contributed by atoms with Crippen LogP contribution in [0.5, 0.6) is 11.5 Å². The number of H-pyrrole nitrogens is 2. The molecule has 0 bridgehead atoms. The third-order valence-electron chi connectivity index (χ3n) is 18.8. The first-order chi connectivity index (χ1) is 44.7. The zero-order valence-corrected chi connectivity index (χ0v) is 61.2. The number of nitrogens with one attached hydrogen (secondary N) is 3. The Morgan fingerprint density at radius 1 is 0.577 bits per heavy atom. The summed E-state index contributed by atoms with van der Waals surface area (Å²) in [4.78, 5) is 68.6. The van der Waals surface area contributed by atoms with Gasteiger partial charge in [0.15, 0.2) is 11.6 Å². The second-order valence-electron chi connectivity index (χ2n) is 31.2. The highest BCUT2D eigenvalue weighted by Crippen LogP contribution is 2.52. The number of carboxylic acids is 1. The number of carbonyl (C=O) groups excluding carboxylic acids is 3. The number of benzene rings is 4. The van der Waals surface area contributed by atoms with Crippen molar-refractivity contribution in [3.8, 4) is 11.5 Å². The third-order valence-corrected chi connectivity index (χ3v) is 18.8. The third kappa shape index (κ3) is 20.4. The topological polar surface area (TPSA) is 285 Å². The molecule has 4 aliphatic rings. The van der Waals surface area contributed by atoms with Crippen molar-refractivity contribution in [3.63, 3.8) is 0 Å². The van der Waals surface area contributed by atoms with Gasteiger partial charge in [-0.25, -0.2) is 4.79 Å². The van der Waals surface area contributed by atoms with Gasteiger partial charge in [0.1, 0.15) is 34.2 Å². The number of amides is 3. The fourth-order valence-corrected chi connectivity index (χ4v) is 13.5. The molecular weight excluding hydrogens is 1290 g/mol. The number of aromatic amines is 2. The summed E-state index contributed by atoms with van der Waals surface area (Å²) in [7, 11) is 0. The molecule has 528 valence electrons. The molecule has 2 aromatic heterocycles. The number of ether oxygens (including phenoxy) is 2. The SMILES string of the molecule is Br.C.CC(C)Oc1ccc(C2=NC3(CCC(C(C)(C)C)CC3)N([C@H](CCC(C)(C)C)c3ccc(C(=O)NCc4nn[nH]n4)cc3)C2=O)cc1.CC(C)Oc1ccc(C2=NC3(CCC(C(C)(C)C)CC3)N([C@H](CCC(C)(C)C)c3ccc(C(=O)O)cc3)C2=O)cc1.NCc1nn[nH]n1. The van der Waals surface area contributed by atoms with Crippen molar-refractivity contribution in [2.45, 2.75) is 244 Å². The van der Waals surface area contributed by atoms with Gasteiger partial charge < -0.3 is 35.4 Å². The van der Waals surface area contributed by atoms with Gasteiger partial charge in [-0.2, -0.15) is 10.4 Å². The summed E-state index contributed by atoms with van der Waals surface area (Å²) in [5, 5.41) is 38.7. The maximum atomic E-state index is 14.7. The Hall–Kier alpha value is -7.72. The van der Waals surface area contributed by atoms with Gasteiger partial charge in [0.05, 0.1) is 42.9 Å². The maximum Gasteiger partial charge on any atom is 0.335 e. The van der Waals surface area contributed by atoms with E-state index in [4.69, 9.17) is 25.2 Å². The van der Waals surface area contributed by atoms with Gasteiger partial charge in [-0.3, -0.25) is 24.4 Å². The van der Waals surface area contributed by atoms with Gasteiger partial charge in [-0.15, -0.1) is 37.4 Å². The summed E-state index contributed by atoms with van der Waals surface area (Å²) >= 11 is 0. The summed E-state index contributed by atoms with van der Waals surface area (Å²) in [6, 6.07) is 29.8. The van der Waals surface area contributed by atoms with Crippen LogP contribution in [0, 0.1) is 33.5 Å². The maximum absolute atomic E-state index is 14.7. The minimum Gasteiger partial charge on any atom is -0.491 e. The average molecular weight is 1400 g/mol. The Labute approximate surface area is 586 Å². The van der Waals surface area contributed by atoms with Crippen LogP contribution in [0.2, 0.25) is 0 Å². The standard InChI is InChI=1S/C37H51N7O3.C35H48N2O4.C2H5N5.CH4.BrH/c1-24(2)47-29-15-13-26(14-16-29)32-34(46)44(37(39-32)21-17-28(18-22-37)36(6,7)8)30(19-20-35(3,4)5)25-9-11-27(12-10-25)33(45)38-23-31-40-42-43-41-31;1-23(2)41-28-15-13-25(14-16-28)30-31(38)37(35(36-30)21-17-27(18-22-35)34(6,7)8)29(19-20-33(3,4)5)24-9-11-26(12-10-24)32(39)40;3-1-2-4-6-7-5-2;;/h9-16,24,28,30H,17-23H2,1-8H3,(H,38,45)(H,40,41,42,43);9-16,23,27,29H,17-22H2,1-8H3,(H,39,40);1,3H2,(H,4,5,6,7);1H4;1H/t28?,30-,37?;27?,29-,35?;;;/m11.../s1. The van der Waals surface area contributed by atoms with Crippen molar-refractivity contribution in [3.05, 3.63) is 142 Å². The van der Waals surface area contributed by atoms with E-state index in [0.29, 0.717) is 47.0 Å². The lowest BCUT2D eigenvalue weighted by Gasteiger charge is -2.47. The molecule has 2 atom stereocenters. The molecule has 2 saturated carbocycles. The van der Waals surface area contributed by atoms with Gasteiger partial charge in [0.25, 0.3) is 17.7 Å². The normalized spacial score (nSPS) is 20.2. The van der Waals surface area contributed by atoms with E-state index in [2.05, 4.69) is 139 Å². The van der Waals surface area contributed by atoms with Crippen LogP contribution in [0.25, 0.3) is 0 Å². The number of carboxylic acid groups (broad SMARTS) is 1. The van der Waals surface area contributed by atoms with Gasteiger partial charge in [-0.05, 0) is 222 Å². The number of aromatic nitrogens is 8. The number of carbonyl (C=O) groups is 4. The van der Waals surface area contributed by atoms with Crippen molar-refractivity contribution < 1.29 is 33.8 Å². The average Bonchev–Trinajstić information content (AvgIpc) is 1.60. The highest BCUT2D eigenvalue weighted by atomic mass is 79.9. The van der Waals surface area contributed by atoms with Crippen LogP contribution >= 0.6 is 17.0 Å². The smallest absolute Gasteiger partial charge is 0.335 e. The molecule has 2 fully saturated rings. The molecule has 4 heterocycles. The Kier molecular flexibility index (Phi) is 26.4. The van der Waals surface area contributed by atoms with Crippen LogP contribution in [-0.4, -0.2) is 115 Å². The Morgan fingerprint density at radius 3 is 1.24 bits per heavy atom. The van der Waals surface area contributed by atoms with Crippen LogP contribution in [0.1, 0.15) is 262 Å². The van der Waals surface area contributed by atoms with Crippen molar-refractivity contribution in [1.82, 2.24) is 56.4 Å². The molecule has 97 heavy (non-hydrogen) atoms. The number of rotatable bonds is 19. The molecule has 10 rings (SSSR count). The predicted molar refractivity (Wildman–Crippen MR) is 387 cm³/mol. The molecule has 3 amide bonds. The Balaban J connectivity index is 0.000000274. The second-order valence-corrected chi connectivity index (χ2v) is 31.2. The van der Waals surface area contributed by atoms with Crippen molar-refractivity contribution in [2.24, 2.45) is 49.2 Å². The first kappa shape index (κ1) is 78.3. The van der Waals surface area contributed by atoms with Crippen LogP contribution in [0.3, 0.4) is 0 Å². The summed E-state index contributed by atoms with van der Waals surface area (Å²) in [6.45, 7) is 35.7. The first-order valence-corrected chi connectivity index (χ1v) is 34.0. The summed E-state index contributed by atoms with van der Waals surface area (Å²) in [6.07, 6.45) is 10.8. The van der Waals surface area contributed by atoms with Gasteiger partial charge in [0, 0.05) is 16.7 Å². The molecule has 0 unspecified atom stereocenters. The van der Waals surface area contributed by atoms with Crippen LogP contribution < -0.4 is 20.5 Å². The predicted octanol–water partition coefficient (Wildman–Crippen LogP) is 15.2. The quantitative estimate of drug-likeness (QED) is 0.0504.